The largest absolute Gasteiger partial charge is 0.384 e. The first-order valence-corrected chi connectivity index (χ1v) is 8.43. The molecule has 0 saturated heterocycles. The number of aromatic nitrogens is 2. The van der Waals surface area contributed by atoms with E-state index in [4.69, 9.17) is 11.0 Å². The van der Waals surface area contributed by atoms with Crippen LogP contribution >= 0.6 is 0 Å². The van der Waals surface area contributed by atoms with Gasteiger partial charge in [0.1, 0.15) is 5.82 Å². The minimum atomic E-state index is -0.220. The smallest absolute Gasteiger partial charge is 0.126 e. The second kappa shape index (κ2) is 7.58. The van der Waals surface area contributed by atoms with E-state index in [0.717, 1.165) is 11.3 Å². The van der Waals surface area contributed by atoms with Crippen LogP contribution in [0.5, 0.6) is 0 Å². The van der Waals surface area contributed by atoms with Crippen molar-refractivity contribution in [3.8, 4) is 12.1 Å². The molecule has 2 heterocycles. The van der Waals surface area contributed by atoms with Crippen molar-refractivity contribution in [2.75, 3.05) is 5.73 Å². The third kappa shape index (κ3) is 3.45. The zero-order chi connectivity index (χ0) is 18.5. The Kier molecular flexibility index (Phi) is 5.05. The number of nitrogen functional groups attached to an aromatic ring is 1. The van der Waals surface area contributed by atoms with Crippen LogP contribution in [0.25, 0.3) is 0 Å². The molecule has 1 aromatic carbocycles. The van der Waals surface area contributed by atoms with Gasteiger partial charge in [-0.25, -0.2) is 4.68 Å². The van der Waals surface area contributed by atoms with Gasteiger partial charge in [0, 0.05) is 30.4 Å². The molecule has 6 heteroatoms. The molecule has 2 N–H and O–H groups in total. The lowest BCUT2D eigenvalue weighted by atomic mass is 9.90. The third-order valence-corrected chi connectivity index (χ3v) is 4.41. The molecule has 0 amide bonds. The van der Waals surface area contributed by atoms with E-state index < -0.39 is 0 Å². The molecule has 1 aliphatic rings. The Labute approximate surface area is 153 Å². The van der Waals surface area contributed by atoms with E-state index in [-0.39, 0.29) is 5.92 Å². The van der Waals surface area contributed by atoms with Gasteiger partial charge in [-0.1, -0.05) is 36.4 Å². The molecule has 1 aliphatic heterocycles. The lowest BCUT2D eigenvalue weighted by molar-refractivity contribution is 0.485. The van der Waals surface area contributed by atoms with Crippen LogP contribution in [-0.2, 0) is 13.1 Å². The lowest BCUT2D eigenvalue weighted by Crippen LogP contribution is -2.17. The second-order valence-electron chi connectivity index (χ2n) is 6.19. The fourth-order valence-corrected chi connectivity index (χ4v) is 3.17. The van der Waals surface area contributed by atoms with Crippen LogP contribution in [0.1, 0.15) is 29.2 Å². The molecule has 0 aliphatic carbocycles. The Bertz CT molecular complexity index is 924. The lowest BCUT2D eigenvalue weighted by Gasteiger charge is -2.24. The van der Waals surface area contributed by atoms with E-state index in [9.17, 15) is 5.26 Å². The second-order valence-corrected chi connectivity index (χ2v) is 6.19. The molecule has 0 spiro atoms. The van der Waals surface area contributed by atoms with Gasteiger partial charge in [0.25, 0.3) is 0 Å². The summed E-state index contributed by atoms with van der Waals surface area (Å²) in [5, 5.41) is 22.9. The minimum Gasteiger partial charge on any atom is -0.384 e. The number of allylic oxidation sites excluding steroid dienone is 2. The molecule has 0 saturated carbocycles. The topological polar surface area (TPSA) is 94.7 Å². The van der Waals surface area contributed by atoms with Crippen LogP contribution < -0.4 is 5.73 Å². The highest BCUT2D eigenvalue weighted by Crippen LogP contribution is 2.35. The van der Waals surface area contributed by atoms with E-state index in [2.05, 4.69) is 29.4 Å². The summed E-state index contributed by atoms with van der Waals surface area (Å²) < 4.78 is 1.65. The number of hydrogen-bond donors (Lipinski definition) is 1. The number of benzene rings is 1. The van der Waals surface area contributed by atoms with Gasteiger partial charge in [-0.2, -0.15) is 15.6 Å². The molecule has 1 atom stereocenters. The number of nitrogens with zero attached hydrogens (tertiary/aromatic N) is 5. The van der Waals surface area contributed by atoms with Crippen LogP contribution in [-0.4, -0.2) is 14.7 Å². The Morgan fingerprint density at radius 2 is 2.00 bits per heavy atom. The number of rotatable bonds is 5. The van der Waals surface area contributed by atoms with Gasteiger partial charge in [-0.3, -0.25) is 0 Å². The van der Waals surface area contributed by atoms with Crippen molar-refractivity contribution < 1.29 is 0 Å². The molecule has 6 nitrogen and oxygen atoms in total. The number of anilines is 1. The first kappa shape index (κ1) is 17.3. The van der Waals surface area contributed by atoms with Crippen LogP contribution in [0.3, 0.4) is 0 Å². The van der Waals surface area contributed by atoms with Crippen molar-refractivity contribution in [2.45, 2.75) is 32.4 Å². The highest BCUT2D eigenvalue weighted by molar-refractivity contribution is 5.54. The third-order valence-electron chi connectivity index (χ3n) is 4.41. The van der Waals surface area contributed by atoms with Crippen molar-refractivity contribution in [3.05, 3.63) is 71.2 Å². The summed E-state index contributed by atoms with van der Waals surface area (Å²) in [5.41, 5.74) is 9.68. The summed E-state index contributed by atoms with van der Waals surface area (Å²) in [7, 11) is 0. The quantitative estimate of drug-likeness (QED) is 0.898. The zero-order valence-electron chi connectivity index (χ0n) is 14.6. The summed E-state index contributed by atoms with van der Waals surface area (Å²) >= 11 is 0. The van der Waals surface area contributed by atoms with Gasteiger partial charge in [0.2, 0.25) is 0 Å². The minimum absolute atomic E-state index is 0.220. The standard InChI is InChI=1S/C20H20N6/c1-15-19(20(23)26(24-15)10-5-9-21)18-8-11-25(14-17(18)12-22)13-16-6-3-2-4-7-16/h2-4,6-8,11,14,18H,5,10,13,23H2,1H3. The van der Waals surface area contributed by atoms with E-state index in [1.807, 2.05) is 48.5 Å². The van der Waals surface area contributed by atoms with Gasteiger partial charge in [0.05, 0.1) is 36.4 Å². The molecule has 26 heavy (non-hydrogen) atoms. The van der Waals surface area contributed by atoms with E-state index in [1.54, 1.807) is 4.68 Å². The predicted molar refractivity (Wildman–Crippen MR) is 99.2 cm³/mol. The number of aryl methyl sites for hydroxylation is 2. The fraction of sp³-hybridized carbons (Fsp3) is 0.250. The molecule has 0 fully saturated rings. The first-order valence-electron chi connectivity index (χ1n) is 8.43. The maximum absolute atomic E-state index is 9.65. The maximum Gasteiger partial charge on any atom is 0.126 e. The number of nitriles is 2. The molecule has 1 aromatic heterocycles. The highest BCUT2D eigenvalue weighted by Gasteiger charge is 2.26. The highest BCUT2D eigenvalue weighted by atomic mass is 15.3. The summed E-state index contributed by atoms with van der Waals surface area (Å²) in [6.45, 7) is 3.03. The number of nitrogens with two attached hydrogens (primary N) is 1. The van der Waals surface area contributed by atoms with Crippen molar-refractivity contribution in [1.29, 1.82) is 10.5 Å². The van der Waals surface area contributed by atoms with Crippen molar-refractivity contribution in [1.82, 2.24) is 14.7 Å². The van der Waals surface area contributed by atoms with Gasteiger partial charge < -0.3 is 10.6 Å². The average molecular weight is 344 g/mol. The Balaban J connectivity index is 1.86. The van der Waals surface area contributed by atoms with Gasteiger partial charge >= 0.3 is 0 Å². The van der Waals surface area contributed by atoms with Crippen LogP contribution in [0.4, 0.5) is 5.82 Å². The molecular weight excluding hydrogens is 324 g/mol. The normalized spacial score (nSPS) is 16.0. The maximum atomic E-state index is 9.65. The van der Waals surface area contributed by atoms with Crippen molar-refractivity contribution in [2.24, 2.45) is 0 Å². The Morgan fingerprint density at radius 1 is 1.23 bits per heavy atom. The molecule has 2 aromatic rings. The van der Waals surface area contributed by atoms with Crippen LogP contribution in [0.2, 0.25) is 0 Å². The van der Waals surface area contributed by atoms with E-state index in [0.29, 0.717) is 30.9 Å². The van der Waals surface area contributed by atoms with Gasteiger partial charge in [-0.05, 0) is 12.5 Å². The van der Waals surface area contributed by atoms with Gasteiger partial charge in [0.15, 0.2) is 0 Å². The Hall–Kier alpha value is -3.51. The first-order chi connectivity index (χ1) is 12.6. The molecule has 1 unspecified atom stereocenters. The summed E-state index contributed by atoms with van der Waals surface area (Å²) in [6.07, 6.45) is 6.17. The van der Waals surface area contributed by atoms with Crippen LogP contribution in [0, 0.1) is 29.6 Å². The summed E-state index contributed by atoms with van der Waals surface area (Å²) in [6, 6.07) is 14.5. The molecule has 0 bridgehead atoms. The summed E-state index contributed by atoms with van der Waals surface area (Å²) in [4.78, 5) is 2.00. The van der Waals surface area contributed by atoms with E-state index >= 15 is 0 Å². The van der Waals surface area contributed by atoms with Crippen molar-refractivity contribution >= 4 is 5.82 Å². The summed E-state index contributed by atoms with van der Waals surface area (Å²) in [5.74, 6) is 0.299. The average Bonchev–Trinajstić information content (AvgIpc) is 2.94. The zero-order valence-corrected chi connectivity index (χ0v) is 14.6. The van der Waals surface area contributed by atoms with Gasteiger partial charge in [-0.15, -0.1) is 0 Å². The van der Waals surface area contributed by atoms with Crippen molar-refractivity contribution in [3.63, 3.8) is 0 Å². The Morgan fingerprint density at radius 3 is 2.69 bits per heavy atom. The van der Waals surface area contributed by atoms with E-state index in [1.165, 1.54) is 5.56 Å². The molecule has 3 rings (SSSR count). The number of hydrogen-bond acceptors (Lipinski definition) is 5. The fourth-order valence-electron chi connectivity index (χ4n) is 3.17. The predicted octanol–water partition coefficient (Wildman–Crippen LogP) is 3.21. The van der Waals surface area contributed by atoms with Crippen LogP contribution in [0.15, 0.2) is 54.4 Å². The molecule has 0 radical (unpaired) electrons. The monoisotopic (exact) mass is 344 g/mol. The molecule has 130 valence electrons. The SMILES string of the molecule is Cc1nn(CCC#N)c(N)c1C1C=CN(Cc2ccccc2)C=C1C#N. The molecular formula is C20H20N6.